The first-order valence-corrected chi connectivity index (χ1v) is 12.5. The van der Waals surface area contributed by atoms with Crippen LogP contribution in [0.25, 0.3) is 16.8 Å². The summed E-state index contributed by atoms with van der Waals surface area (Å²) in [6.07, 6.45) is 3.84. The number of alkyl carbamates (subject to hydrolysis) is 1. The fourth-order valence-corrected chi connectivity index (χ4v) is 4.86. The maximum Gasteiger partial charge on any atom is 0.412 e. The molecule has 2 aliphatic heterocycles. The molecule has 1 aliphatic carbocycles. The SMILES string of the molecule is CC(OC(=O)NC1=C(c2ccc(-c3ccc(C4(C(=O)O)CC4)cc3)cc2)N=C2C=CN=C21)c1ccccc1. The molecule has 2 heterocycles. The largest absolute Gasteiger partial charge is 0.481 e. The molecule has 2 N–H and O–H groups in total. The van der Waals surface area contributed by atoms with Crippen LogP contribution in [0.5, 0.6) is 0 Å². The minimum absolute atomic E-state index is 0.415. The van der Waals surface area contributed by atoms with E-state index in [1.54, 1.807) is 6.20 Å². The van der Waals surface area contributed by atoms with Gasteiger partial charge in [-0.1, -0.05) is 78.9 Å². The first-order valence-electron chi connectivity index (χ1n) is 12.5. The number of benzene rings is 3. The van der Waals surface area contributed by atoms with Crippen LogP contribution in [0.15, 0.2) is 107 Å². The first-order chi connectivity index (χ1) is 18.4. The van der Waals surface area contributed by atoms with Crippen LogP contribution in [0.3, 0.4) is 0 Å². The van der Waals surface area contributed by atoms with Crippen LogP contribution in [0.2, 0.25) is 0 Å². The summed E-state index contributed by atoms with van der Waals surface area (Å²) in [6.45, 7) is 1.83. The van der Waals surface area contributed by atoms with Gasteiger partial charge in [0.1, 0.15) is 11.8 Å². The van der Waals surface area contributed by atoms with Crippen LogP contribution in [0.1, 0.15) is 42.6 Å². The molecule has 0 bridgehead atoms. The van der Waals surface area contributed by atoms with Crippen LogP contribution in [0, 0.1) is 0 Å². The van der Waals surface area contributed by atoms with Gasteiger partial charge in [-0.2, -0.15) is 0 Å². The number of carbonyl (C=O) groups is 2. The number of rotatable bonds is 7. The molecule has 1 amide bonds. The number of aliphatic imine (C=N–C) groups is 2. The van der Waals surface area contributed by atoms with Crippen molar-refractivity contribution in [1.29, 1.82) is 0 Å². The molecule has 1 saturated carbocycles. The lowest BCUT2D eigenvalue weighted by molar-refractivity contribution is -0.140. The van der Waals surface area contributed by atoms with E-state index in [-0.39, 0.29) is 0 Å². The second kappa shape index (κ2) is 9.27. The van der Waals surface area contributed by atoms with Crippen LogP contribution in [-0.4, -0.2) is 28.6 Å². The molecule has 1 atom stereocenters. The van der Waals surface area contributed by atoms with Gasteiger partial charge in [-0.05, 0) is 48.1 Å². The van der Waals surface area contributed by atoms with Crippen molar-refractivity contribution in [1.82, 2.24) is 5.32 Å². The molecule has 0 spiro atoms. The van der Waals surface area contributed by atoms with Gasteiger partial charge in [-0.3, -0.25) is 15.1 Å². The van der Waals surface area contributed by atoms with Crippen molar-refractivity contribution in [3.63, 3.8) is 0 Å². The Bertz CT molecular complexity index is 1540. The number of carbonyl (C=O) groups excluding carboxylic acids is 1. The molecule has 3 aromatic rings. The maximum atomic E-state index is 12.8. The molecule has 0 aromatic heterocycles. The van der Waals surface area contributed by atoms with Crippen molar-refractivity contribution in [2.24, 2.45) is 9.98 Å². The van der Waals surface area contributed by atoms with Crippen molar-refractivity contribution in [3.8, 4) is 11.1 Å². The van der Waals surface area contributed by atoms with E-state index in [9.17, 15) is 14.7 Å². The highest BCUT2D eigenvalue weighted by atomic mass is 16.6. The second-order valence-corrected chi connectivity index (χ2v) is 9.64. The van der Waals surface area contributed by atoms with Crippen molar-refractivity contribution >= 4 is 29.2 Å². The number of aliphatic carboxylic acids is 1. The van der Waals surface area contributed by atoms with Crippen LogP contribution < -0.4 is 5.32 Å². The average molecular weight is 504 g/mol. The topological polar surface area (TPSA) is 100 Å². The summed E-state index contributed by atoms with van der Waals surface area (Å²) >= 11 is 0. The Labute approximate surface area is 219 Å². The van der Waals surface area contributed by atoms with E-state index in [1.807, 2.05) is 91.9 Å². The molecule has 0 saturated heterocycles. The van der Waals surface area contributed by atoms with Gasteiger partial charge >= 0.3 is 12.1 Å². The van der Waals surface area contributed by atoms with Crippen molar-refractivity contribution < 1.29 is 19.4 Å². The summed E-state index contributed by atoms with van der Waals surface area (Å²) < 4.78 is 5.61. The highest BCUT2D eigenvalue weighted by Crippen LogP contribution is 2.48. The third kappa shape index (κ3) is 4.22. The molecule has 7 nitrogen and oxygen atoms in total. The standard InChI is InChI=1S/C31H25N3O4/c1-19(20-5-3-2-4-6-20)38-30(37)34-28-26(33-25-15-18-32-27(25)28)23-9-7-21(8-10-23)22-11-13-24(14-12-22)31(16-17-31)29(35)36/h2-15,18-19H,16-17H2,1H3,(H,34,37)(H,35,36). The van der Waals surface area contributed by atoms with Gasteiger partial charge in [0.05, 0.1) is 22.5 Å². The third-order valence-corrected chi connectivity index (χ3v) is 7.25. The lowest BCUT2D eigenvalue weighted by Gasteiger charge is -2.15. The normalized spacial score (nSPS) is 17.4. The van der Waals surface area contributed by atoms with E-state index in [0.29, 0.717) is 35.7 Å². The number of hydrogen-bond donors (Lipinski definition) is 2. The number of hydrogen-bond acceptors (Lipinski definition) is 5. The number of carboxylic acids is 1. The van der Waals surface area contributed by atoms with E-state index in [2.05, 4.69) is 10.3 Å². The average Bonchev–Trinajstić information content (AvgIpc) is 3.52. The summed E-state index contributed by atoms with van der Waals surface area (Å²) in [6, 6.07) is 25.2. The number of allylic oxidation sites excluding steroid dienone is 2. The van der Waals surface area contributed by atoms with Gasteiger partial charge in [0.2, 0.25) is 0 Å². The summed E-state index contributed by atoms with van der Waals surface area (Å²) in [5.41, 5.74) is 6.29. The molecule has 0 radical (unpaired) electrons. The minimum atomic E-state index is -0.756. The monoisotopic (exact) mass is 503 g/mol. The minimum Gasteiger partial charge on any atom is -0.481 e. The lowest BCUT2D eigenvalue weighted by atomic mass is 9.93. The predicted octanol–water partition coefficient (Wildman–Crippen LogP) is 6.05. The van der Waals surface area contributed by atoms with Crippen molar-refractivity contribution in [2.45, 2.75) is 31.3 Å². The molecule has 1 unspecified atom stereocenters. The summed E-state index contributed by atoms with van der Waals surface area (Å²) in [5, 5.41) is 12.4. The van der Waals surface area contributed by atoms with Crippen LogP contribution >= 0.6 is 0 Å². The number of amides is 1. The van der Waals surface area contributed by atoms with E-state index in [1.165, 1.54) is 0 Å². The lowest BCUT2D eigenvalue weighted by Crippen LogP contribution is -2.29. The van der Waals surface area contributed by atoms with E-state index in [0.717, 1.165) is 27.8 Å². The maximum absolute atomic E-state index is 12.8. The fraction of sp³-hybridized carbons (Fsp3) is 0.161. The summed E-state index contributed by atoms with van der Waals surface area (Å²) in [5.74, 6) is -0.756. The summed E-state index contributed by atoms with van der Waals surface area (Å²) in [7, 11) is 0. The molecular weight excluding hydrogens is 478 g/mol. The zero-order valence-corrected chi connectivity index (χ0v) is 20.7. The number of nitrogens with zero attached hydrogens (tertiary/aromatic N) is 2. The Hall–Kier alpha value is -4.78. The van der Waals surface area contributed by atoms with Gasteiger partial charge in [0, 0.05) is 11.8 Å². The number of ether oxygens (including phenoxy) is 1. The van der Waals surface area contributed by atoms with E-state index < -0.39 is 23.6 Å². The summed E-state index contributed by atoms with van der Waals surface area (Å²) in [4.78, 5) is 33.5. The van der Waals surface area contributed by atoms with Gasteiger partial charge in [0.25, 0.3) is 0 Å². The molecule has 38 heavy (non-hydrogen) atoms. The molecule has 188 valence electrons. The Morgan fingerprint density at radius 3 is 2.18 bits per heavy atom. The van der Waals surface area contributed by atoms with Gasteiger partial charge in [0.15, 0.2) is 0 Å². The molecular formula is C31H25N3O4. The molecule has 3 aromatic carbocycles. The van der Waals surface area contributed by atoms with E-state index >= 15 is 0 Å². The second-order valence-electron chi connectivity index (χ2n) is 9.64. The smallest absolute Gasteiger partial charge is 0.412 e. The Balaban J connectivity index is 1.22. The molecule has 6 rings (SSSR count). The molecule has 7 heteroatoms. The highest BCUT2D eigenvalue weighted by Gasteiger charge is 2.51. The Morgan fingerprint density at radius 2 is 1.55 bits per heavy atom. The van der Waals surface area contributed by atoms with Crippen molar-refractivity contribution in [2.75, 3.05) is 0 Å². The van der Waals surface area contributed by atoms with Crippen LogP contribution in [-0.2, 0) is 14.9 Å². The van der Waals surface area contributed by atoms with Crippen LogP contribution in [0.4, 0.5) is 4.79 Å². The van der Waals surface area contributed by atoms with Gasteiger partial charge in [-0.15, -0.1) is 0 Å². The number of fused-ring (bicyclic) bond motifs is 1. The fourth-order valence-electron chi connectivity index (χ4n) is 4.86. The van der Waals surface area contributed by atoms with Crippen molar-refractivity contribution in [3.05, 3.63) is 114 Å². The molecule has 1 fully saturated rings. The highest BCUT2D eigenvalue weighted by molar-refractivity contribution is 6.57. The quantitative estimate of drug-likeness (QED) is 0.410. The zero-order valence-electron chi connectivity index (χ0n) is 20.7. The molecule has 3 aliphatic rings. The Morgan fingerprint density at radius 1 is 0.921 bits per heavy atom. The zero-order chi connectivity index (χ0) is 26.3. The number of carboxylic acid groups (broad SMARTS) is 1. The van der Waals surface area contributed by atoms with Gasteiger partial charge in [-0.25, -0.2) is 9.79 Å². The number of nitrogens with one attached hydrogen (secondary N) is 1. The van der Waals surface area contributed by atoms with Gasteiger partial charge < -0.3 is 9.84 Å². The predicted molar refractivity (Wildman–Crippen MR) is 146 cm³/mol. The third-order valence-electron chi connectivity index (χ3n) is 7.25. The first kappa shape index (κ1) is 23.6. The van der Waals surface area contributed by atoms with E-state index in [4.69, 9.17) is 9.73 Å². The Kier molecular flexibility index (Phi) is 5.76.